The van der Waals surface area contributed by atoms with Crippen molar-refractivity contribution in [3.63, 3.8) is 0 Å². The van der Waals surface area contributed by atoms with Crippen LogP contribution in [-0.4, -0.2) is 31.1 Å². The lowest BCUT2D eigenvalue weighted by Crippen LogP contribution is -2.35. The molecule has 0 aromatic heterocycles. The number of nitrogens with one attached hydrogen (secondary N) is 2. The first-order chi connectivity index (χ1) is 9.03. The molecule has 0 saturated heterocycles. The Bertz CT molecular complexity index is 357. The maximum atomic E-state index is 11.3. The van der Waals surface area contributed by atoms with E-state index < -0.39 is 12.3 Å². The van der Waals surface area contributed by atoms with Gasteiger partial charge in [0.05, 0.1) is 6.54 Å². The maximum Gasteiger partial charge on any atom is 0.319 e. The first-order valence-corrected chi connectivity index (χ1v) is 6.84. The third-order valence-corrected chi connectivity index (χ3v) is 2.34. The van der Waals surface area contributed by atoms with Crippen LogP contribution in [0.25, 0.3) is 0 Å². The summed E-state index contributed by atoms with van der Waals surface area (Å²) in [5.74, 6) is 0. The van der Waals surface area contributed by atoms with E-state index in [1.807, 2.05) is 12.1 Å². The summed E-state index contributed by atoms with van der Waals surface area (Å²) in [6, 6.07) is 6.77. The molecule has 0 fully saturated rings. The fourth-order valence-electron chi connectivity index (χ4n) is 0.972. The molecule has 0 heterocycles. The van der Waals surface area contributed by atoms with E-state index in [0.717, 1.165) is 4.47 Å². The van der Waals surface area contributed by atoms with Gasteiger partial charge in [-0.3, -0.25) is 0 Å². The number of benzene rings is 1. The molecule has 0 bridgehead atoms. The van der Waals surface area contributed by atoms with Crippen LogP contribution in [0.15, 0.2) is 28.7 Å². The van der Waals surface area contributed by atoms with Gasteiger partial charge < -0.3 is 20.5 Å². The number of hydrogen-bond acceptors (Lipinski definition) is 3. The topological polar surface area (TPSA) is 70.6 Å². The SMILES string of the molecule is CCC.COC(O)CNC(=O)Nc1ccc(Br)cc1. The van der Waals surface area contributed by atoms with Crippen molar-refractivity contribution in [1.82, 2.24) is 5.32 Å². The van der Waals surface area contributed by atoms with Gasteiger partial charge in [0.2, 0.25) is 0 Å². The highest BCUT2D eigenvalue weighted by atomic mass is 79.9. The molecule has 1 atom stereocenters. The van der Waals surface area contributed by atoms with Gasteiger partial charge in [-0.1, -0.05) is 36.2 Å². The van der Waals surface area contributed by atoms with Gasteiger partial charge >= 0.3 is 6.03 Å². The Kier molecular flexibility index (Phi) is 10.1. The lowest BCUT2D eigenvalue weighted by atomic mass is 10.3. The average Bonchev–Trinajstić information content (AvgIpc) is 2.39. The highest BCUT2D eigenvalue weighted by Crippen LogP contribution is 2.13. The molecule has 6 heteroatoms. The van der Waals surface area contributed by atoms with Crippen molar-refractivity contribution in [3.8, 4) is 0 Å². The molecule has 1 aromatic rings. The van der Waals surface area contributed by atoms with Crippen LogP contribution in [0.5, 0.6) is 0 Å². The fourth-order valence-corrected chi connectivity index (χ4v) is 1.24. The van der Waals surface area contributed by atoms with E-state index in [1.165, 1.54) is 13.5 Å². The van der Waals surface area contributed by atoms with Gasteiger partial charge in [0.25, 0.3) is 0 Å². The number of urea groups is 1. The summed E-state index contributed by atoms with van der Waals surface area (Å²) in [4.78, 5) is 11.3. The highest BCUT2D eigenvalue weighted by Gasteiger charge is 2.05. The molecule has 0 spiro atoms. The molecule has 19 heavy (non-hydrogen) atoms. The summed E-state index contributed by atoms with van der Waals surface area (Å²) in [6.07, 6.45) is 0.260. The fraction of sp³-hybridized carbons (Fsp3) is 0.462. The van der Waals surface area contributed by atoms with Gasteiger partial charge in [-0.2, -0.15) is 0 Å². The molecule has 0 aliphatic rings. The summed E-state index contributed by atoms with van der Waals surface area (Å²) in [5, 5.41) is 14.1. The minimum atomic E-state index is -0.990. The number of carbonyl (C=O) groups is 1. The molecule has 108 valence electrons. The summed E-state index contributed by atoms with van der Waals surface area (Å²) >= 11 is 3.29. The van der Waals surface area contributed by atoms with Crippen molar-refractivity contribution in [2.75, 3.05) is 19.0 Å². The van der Waals surface area contributed by atoms with Crippen molar-refractivity contribution in [1.29, 1.82) is 0 Å². The minimum absolute atomic E-state index is 0.0405. The van der Waals surface area contributed by atoms with E-state index in [9.17, 15) is 4.79 Å². The third kappa shape index (κ3) is 9.47. The van der Waals surface area contributed by atoms with E-state index in [-0.39, 0.29) is 6.54 Å². The Hall–Kier alpha value is -1.11. The summed E-state index contributed by atoms with van der Waals surface area (Å²) < 4.78 is 5.51. The van der Waals surface area contributed by atoms with Crippen molar-refractivity contribution in [2.24, 2.45) is 0 Å². The Morgan fingerprint density at radius 3 is 2.37 bits per heavy atom. The zero-order valence-electron chi connectivity index (χ0n) is 11.4. The van der Waals surface area contributed by atoms with Crippen molar-refractivity contribution in [3.05, 3.63) is 28.7 Å². The molecule has 1 aromatic carbocycles. The standard InChI is InChI=1S/C10H13BrN2O3.C3H8/c1-16-9(14)6-12-10(15)13-8-4-2-7(11)3-5-8;1-3-2/h2-5,9,14H,6H2,1H3,(H2,12,13,15);3H2,1-2H3. The Morgan fingerprint density at radius 1 is 1.37 bits per heavy atom. The lowest BCUT2D eigenvalue weighted by molar-refractivity contribution is -0.0688. The van der Waals surface area contributed by atoms with E-state index in [0.29, 0.717) is 5.69 Å². The third-order valence-electron chi connectivity index (χ3n) is 1.81. The molecule has 1 rings (SSSR count). The molecule has 0 radical (unpaired) electrons. The summed E-state index contributed by atoms with van der Waals surface area (Å²) in [5.41, 5.74) is 0.674. The van der Waals surface area contributed by atoms with Gasteiger partial charge in [0.1, 0.15) is 0 Å². The summed E-state index contributed by atoms with van der Waals surface area (Å²) in [6.45, 7) is 4.29. The molecule has 0 saturated carbocycles. The van der Waals surface area contributed by atoms with Crippen LogP contribution in [0.4, 0.5) is 10.5 Å². The quantitative estimate of drug-likeness (QED) is 0.742. The number of carbonyl (C=O) groups excluding carboxylic acids is 1. The molecule has 2 amide bonds. The normalized spacial score (nSPS) is 11.0. The molecule has 0 aliphatic heterocycles. The van der Waals surface area contributed by atoms with E-state index in [1.54, 1.807) is 12.1 Å². The average molecular weight is 333 g/mol. The van der Waals surface area contributed by atoms with Crippen LogP contribution in [0.2, 0.25) is 0 Å². The highest BCUT2D eigenvalue weighted by molar-refractivity contribution is 9.10. The van der Waals surface area contributed by atoms with Crippen LogP contribution >= 0.6 is 15.9 Å². The van der Waals surface area contributed by atoms with Crippen LogP contribution < -0.4 is 10.6 Å². The Morgan fingerprint density at radius 2 is 1.89 bits per heavy atom. The molecule has 5 nitrogen and oxygen atoms in total. The minimum Gasteiger partial charge on any atom is -0.366 e. The van der Waals surface area contributed by atoms with Crippen LogP contribution in [0.3, 0.4) is 0 Å². The van der Waals surface area contributed by atoms with Gasteiger partial charge in [-0.25, -0.2) is 4.79 Å². The largest absolute Gasteiger partial charge is 0.366 e. The van der Waals surface area contributed by atoms with E-state index >= 15 is 0 Å². The van der Waals surface area contributed by atoms with Crippen molar-refractivity contribution in [2.45, 2.75) is 26.6 Å². The number of aliphatic hydroxyl groups excluding tert-OH is 1. The van der Waals surface area contributed by atoms with Gasteiger partial charge in [0, 0.05) is 17.3 Å². The Balaban J connectivity index is 0.000000982. The lowest BCUT2D eigenvalue weighted by Gasteiger charge is -2.10. The number of halogens is 1. The second kappa shape index (κ2) is 10.8. The monoisotopic (exact) mass is 332 g/mol. The first-order valence-electron chi connectivity index (χ1n) is 6.04. The van der Waals surface area contributed by atoms with Crippen LogP contribution in [-0.2, 0) is 4.74 Å². The number of ether oxygens (including phenoxy) is 1. The first kappa shape index (κ1) is 17.9. The van der Waals surface area contributed by atoms with Crippen LogP contribution in [0, 0.1) is 0 Å². The number of aliphatic hydroxyl groups is 1. The second-order valence-corrected chi connectivity index (χ2v) is 4.66. The second-order valence-electron chi connectivity index (χ2n) is 3.74. The molecule has 3 N–H and O–H groups in total. The molecular formula is C13H21BrN2O3. The van der Waals surface area contributed by atoms with E-state index in [4.69, 9.17) is 5.11 Å². The smallest absolute Gasteiger partial charge is 0.319 e. The van der Waals surface area contributed by atoms with E-state index in [2.05, 4.69) is 45.1 Å². The van der Waals surface area contributed by atoms with Crippen LogP contribution in [0.1, 0.15) is 20.3 Å². The molecule has 0 aliphatic carbocycles. The number of anilines is 1. The van der Waals surface area contributed by atoms with Crippen molar-refractivity contribution < 1.29 is 14.6 Å². The van der Waals surface area contributed by atoms with Gasteiger partial charge in [0.15, 0.2) is 6.29 Å². The zero-order valence-corrected chi connectivity index (χ0v) is 13.0. The number of methoxy groups -OCH3 is 1. The maximum absolute atomic E-state index is 11.3. The predicted molar refractivity (Wildman–Crippen MR) is 80.1 cm³/mol. The molecule has 1 unspecified atom stereocenters. The molecular weight excluding hydrogens is 312 g/mol. The summed E-state index contributed by atoms with van der Waals surface area (Å²) in [7, 11) is 1.36. The Labute approximate surface area is 122 Å². The number of amides is 2. The number of rotatable bonds is 4. The van der Waals surface area contributed by atoms with Crippen molar-refractivity contribution >= 4 is 27.6 Å². The van der Waals surface area contributed by atoms with Gasteiger partial charge in [-0.05, 0) is 24.3 Å². The zero-order chi connectivity index (χ0) is 14.7. The van der Waals surface area contributed by atoms with Gasteiger partial charge in [-0.15, -0.1) is 0 Å². The predicted octanol–water partition coefficient (Wildman–Crippen LogP) is 2.95. The number of hydrogen-bond donors (Lipinski definition) is 3.